The Hall–Kier alpha value is -4.31. The molecule has 38 heavy (non-hydrogen) atoms. The zero-order valence-electron chi connectivity index (χ0n) is 22.1. The second-order valence-electron chi connectivity index (χ2n) is 9.67. The summed E-state index contributed by atoms with van der Waals surface area (Å²) in [6.07, 6.45) is 6.83. The van der Waals surface area contributed by atoms with Crippen LogP contribution in [0.1, 0.15) is 59.3 Å². The van der Waals surface area contributed by atoms with Crippen LogP contribution in [0, 0.1) is 6.92 Å². The summed E-state index contributed by atoms with van der Waals surface area (Å²) in [7, 11) is 0. The highest BCUT2D eigenvalue weighted by Gasteiger charge is 2.15. The number of rotatable bonds is 9. The quantitative estimate of drug-likeness (QED) is 0.203. The third kappa shape index (κ3) is 5.08. The molecule has 0 atom stereocenters. The van der Waals surface area contributed by atoms with E-state index < -0.39 is 5.97 Å². The molecule has 0 saturated heterocycles. The van der Waals surface area contributed by atoms with E-state index in [-0.39, 0.29) is 5.56 Å². The van der Waals surface area contributed by atoms with Crippen molar-refractivity contribution in [3.05, 3.63) is 101 Å². The molecule has 0 aliphatic heterocycles. The van der Waals surface area contributed by atoms with Crippen molar-refractivity contribution in [2.75, 3.05) is 6.61 Å². The fraction of sp³-hybridized carbons (Fsp3) is 0.206. The third-order valence-corrected chi connectivity index (χ3v) is 6.86. The Kier molecular flexibility index (Phi) is 7.32. The van der Waals surface area contributed by atoms with Crippen molar-refractivity contribution < 1.29 is 19.1 Å². The number of hydrogen-bond acceptors (Lipinski definition) is 3. The van der Waals surface area contributed by atoms with Crippen LogP contribution in [0.4, 0.5) is 0 Å². The lowest BCUT2D eigenvalue weighted by Gasteiger charge is -2.12. The molecule has 0 unspecified atom stereocenters. The van der Waals surface area contributed by atoms with Gasteiger partial charge in [-0.3, -0.25) is 0 Å². The Balaban J connectivity index is 1.49. The van der Waals surface area contributed by atoms with Crippen LogP contribution in [0.25, 0.3) is 45.2 Å². The Morgan fingerprint density at radius 2 is 1.68 bits per heavy atom. The molecule has 4 aromatic carbocycles. The number of carboxylic acid groups (broad SMARTS) is 1. The van der Waals surface area contributed by atoms with E-state index in [0.29, 0.717) is 12.4 Å². The van der Waals surface area contributed by atoms with Gasteiger partial charge in [-0.1, -0.05) is 81.0 Å². The molecule has 0 bridgehead atoms. The molecule has 0 aliphatic carbocycles. The number of furan rings is 1. The Morgan fingerprint density at radius 3 is 2.47 bits per heavy atom. The van der Waals surface area contributed by atoms with Crippen molar-refractivity contribution in [2.45, 2.75) is 40.0 Å². The Labute approximate surface area is 223 Å². The molecule has 4 nitrogen and oxygen atoms in total. The highest BCUT2D eigenvalue weighted by molar-refractivity contribution is 6.05. The normalized spacial score (nSPS) is 11.6. The summed E-state index contributed by atoms with van der Waals surface area (Å²) in [5, 5.41) is 13.1. The van der Waals surface area contributed by atoms with E-state index in [1.54, 1.807) is 6.07 Å². The number of fused-ring (bicyclic) bond motifs is 3. The largest absolute Gasteiger partial charge is 0.493 e. The molecule has 1 aromatic heterocycles. The number of carboxylic acids is 1. The molecular formula is C34H32O4. The van der Waals surface area contributed by atoms with E-state index in [2.05, 4.69) is 61.5 Å². The van der Waals surface area contributed by atoms with Gasteiger partial charge in [0.25, 0.3) is 0 Å². The molecule has 4 heteroatoms. The van der Waals surface area contributed by atoms with Crippen molar-refractivity contribution in [1.29, 1.82) is 0 Å². The molecule has 0 aliphatic rings. The van der Waals surface area contributed by atoms with Crippen LogP contribution >= 0.6 is 0 Å². The van der Waals surface area contributed by atoms with Gasteiger partial charge in [0.2, 0.25) is 0 Å². The van der Waals surface area contributed by atoms with Gasteiger partial charge in [0.15, 0.2) is 0 Å². The molecule has 1 N–H and O–H groups in total. The molecule has 5 rings (SSSR count). The summed E-state index contributed by atoms with van der Waals surface area (Å²) in [6, 6.07) is 24.6. The standard InChI is InChI=1S/C34H32O4/c1-4-8-26-19-27(31-21-28-16-13-24-9-6-7-10-29(24)33(28)38-31)15-12-23(26)11-14-25-20-30(34(35)36)32(18-22(25)3)37-17-5-2/h6-7,9-16,18-21H,4-5,8,17H2,1-3H3,(H,35,36). The second-order valence-corrected chi connectivity index (χ2v) is 9.67. The molecule has 0 spiro atoms. The lowest BCUT2D eigenvalue weighted by Crippen LogP contribution is -2.05. The maximum atomic E-state index is 11.9. The van der Waals surface area contributed by atoms with E-state index in [1.165, 1.54) is 10.9 Å². The van der Waals surface area contributed by atoms with E-state index in [4.69, 9.17) is 9.15 Å². The second kappa shape index (κ2) is 11.0. The first kappa shape index (κ1) is 25.3. The summed E-state index contributed by atoms with van der Waals surface area (Å²) in [4.78, 5) is 11.9. The molecule has 5 aromatic rings. The van der Waals surface area contributed by atoms with Crippen molar-refractivity contribution >= 4 is 39.9 Å². The third-order valence-electron chi connectivity index (χ3n) is 6.86. The van der Waals surface area contributed by atoms with Gasteiger partial charge in [0.1, 0.15) is 22.7 Å². The molecule has 0 amide bonds. The van der Waals surface area contributed by atoms with E-state index in [1.807, 2.05) is 38.1 Å². The van der Waals surface area contributed by atoms with Crippen LogP contribution in [0.5, 0.6) is 5.75 Å². The fourth-order valence-corrected chi connectivity index (χ4v) is 4.87. The number of aryl methyl sites for hydroxylation is 2. The molecular weight excluding hydrogens is 472 g/mol. The zero-order chi connectivity index (χ0) is 26.6. The molecule has 0 radical (unpaired) electrons. The summed E-state index contributed by atoms with van der Waals surface area (Å²) < 4.78 is 12.1. The van der Waals surface area contributed by atoms with Gasteiger partial charge in [-0.2, -0.15) is 0 Å². The first-order valence-electron chi connectivity index (χ1n) is 13.2. The SMILES string of the molecule is CCCOc1cc(C)c(C=Cc2ccc(-c3cc4ccc5ccccc5c4o3)cc2CCC)cc1C(=O)O. The van der Waals surface area contributed by atoms with Gasteiger partial charge in [-0.15, -0.1) is 0 Å². The lowest BCUT2D eigenvalue weighted by molar-refractivity contribution is 0.0692. The number of ether oxygens (including phenoxy) is 1. The Morgan fingerprint density at radius 1 is 0.895 bits per heavy atom. The molecule has 0 fully saturated rings. The first-order chi connectivity index (χ1) is 18.5. The van der Waals surface area contributed by atoms with Crippen LogP contribution in [0.15, 0.2) is 77.2 Å². The van der Waals surface area contributed by atoms with Crippen molar-refractivity contribution in [1.82, 2.24) is 0 Å². The number of carbonyl (C=O) groups is 1. The number of hydrogen-bond donors (Lipinski definition) is 1. The van der Waals surface area contributed by atoms with E-state index >= 15 is 0 Å². The van der Waals surface area contributed by atoms with Gasteiger partial charge < -0.3 is 14.3 Å². The van der Waals surface area contributed by atoms with Crippen LogP contribution in [0.2, 0.25) is 0 Å². The van der Waals surface area contributed by atoms with Gasteiger partial charge in [0, 0.05) is 16.3 Å². The maximum absolute atomic E-state index is 11.9. The first-order valence-corrected chi connectivity index (χ1v) is 13.2. The number of aromatic carboxylic acids is 1. The summed E-state index contributed by atoms with van der Waals surface area (Å²) in [5.74, 6) is 0.290. The highest BCUT2D eigenvalue weighted by atomic mass is 16.5. The van der Waals surface area contributed by atoms with Crippen molar-refractivity contribution in [2.24, 2.45) is 0 Å². The summed E-state index contributed by atoms with van der Waals surface area (Å²) in [5.41, 5.74) is 6.32. The van der Waals surface area contributed by atoms with Crippen molar-refractivity contribution in [3.63, 3.8) is 0 Å². The van der Waals surface area contributed by atoms with Crippen LogP contribution in [-0.4, -0.2) is 17.7 Å². The average Bonchev–Trinajstić information content (AvgIpc) is 3.37. The molecule has 1 heterocycles. The minimum absolute atomic E-state index is 0.185. The van der Waals surface area contributed by atoms with Crippen LogP contribution in [-0.2, 0) is 6.42 Å². The summed E-state index contributed by atoms with van der Waals surface area (Å²) >= 11 is 0. The van der Waals surface area contributed by atoms with E-state index in [9.17, 15) is 9.90 Å². The predicted molar refractivity (Wildman–Crippen MR) is 156 cm³/mol. The fourth-order valence-electron chi connectivity index (χ4n) is 4.87. The van der Waals surface area contributed by atoms with Crippen LogP contribution < -0.4 is 4.74 Å². The van der Waals surface area contributed by atoms with Crippen LogP contribution in [0.3, 0.4) is 0 Å². The average molecular weight is 505 g/mol. The lowest BCUT2D eigenvalue weighted by atomic mass is 9.97. The zero-order valence-corrected chi connectivity index (χ0v) is 22.1. The highest BCUT2D eigenvalue weighted by Crippen LogP contribution is 2.34. The Bertz CT molecular complexity index is 1650. The number of benzene rings is 4. The maximum Gasteiger partial charge on any atom is 0.339 e. The van der Waals surface area contributed by atoms with Gasteiger partial charge in [0.05, 0.1) is 6.61 Å². The smallest absolute Gasteiger partial charge is 0.339 e. The van der Waals surface area contributed by atoms with Crippen molar-refractivity contribution in [3.8, 4) is 17.1 Å². The topological polar surface area (TPSA) is 59.7 Å². The predicted octanol–water partition coefficient (Wildman–Crippen LogP) is 9.17. The molecule has 192 valence electrons. The minimum atomic E-state index is -0.986. The van der Waals surface area contributed by atoms with Gasteiger partial charge in [-0.05, 0) is 71.7 Å². The van der Waals surface area contributed by atoms with Gasteiger partial charge in [-0.25, -0.2) is 4.79 Å². The monoisotopic (exact) mass is 504 g/mol. The van der Waals surface area contributed by atoms with E-state index in [0.717, 1.165) is 63.6 Å². The molecule has 0 saturated carbocycles. The minimum Gasteiger partial charge on any atom is -0.493 e. The summed E-state index contributed by atoms with van der Waals surface area (Å²) in [6.45, 7) is 6.64. The van der Waals surface area contributed by atoms with Gasteiger partial charge >= 0.3 is 5.97 Å².